The molecule has 0 amide bonds. The van der Waals surface area contributed by atoms with Gasteiger partial charge >= 0.3 is 5.97 Å². The number of rotatable bonds is 12. The van der Waals surface area contributed by atoms with E-state index in [-0.39, 0.29) is 18.1 Å². The van der Waals surface area contributed by atoms with Gasteiger partial charge in [-0.25, -0.2) is 9.78 Å². The van der Waals surface area contributed by atoms with Crippen LogP contribution in [0.2, 0.25) is 0 Å². The van der Waals surface area contributed by atoms with Crippen LogP contribution in [0, 0.1) is 11.3 Å². The number of fused-ring (bicyclic) bond motifs is 1. The zero-order chi connectivity index (χ0) is 31.1. The number of nitrogens with zero attached hydrogens (tertiary/aromatic N) is 4. The predicted molar refractivity (Wildman–Crippen MR) is 171 cm³/mol. The molecule has 0 aliphatic rings. The van der Waals surface area contributed by atoms with E-state index in [0.29, 0.717) is 28.9 Å². The van der Waals surface area contributed by atoms with E-state index in [0.717, 1.165) is 41.4 Å². The van der Waals surface area contributed by atoms with Gasteiger partial charge in [-0.05, 0) is 80.7 Å². The number of aromatic nitrogens is 2. The molecule has 44 heavy (non-hydrogen) atoms. The summed E-state index contributed by atoms with van der Waals surface area (Å²) in [5, 5.41) is 14.0. The topological polar surface area (TPSA) is 102 Å². The Balaban J connectivity index is 1.65. The third kappa shape index (κ3) is 6.21. The van der Waals surface area contributed by atoms with Gasteiger partial charge < -0.3 is 24.1 Å². The van der Waals surface area contributed by atoms with E-state index in [2.05, 4.69) is 39.7 Å². The number of methoxy groups -OCH3 is 1. The molecule has 2 aromatic heterocycles. The average molecular weight is 590 g/mol. The number of pyridine rings is 1. The second kappa shape index (κ2) is 13.8. The Kier molecular flexibility index (Phi) is 9.43. The van der Waals surface area contributed by atoms with E-state index < -0.39 is 5.97 Å². The van der Waals surface area contributed by atoms with Crippen molar-refractivity contribution < 1.29 is 19.0 Å². The van der Waals surface area contributed by atoms with Crippen molar-refractivity contribution in [3.63, 3.8) is 0 Å². The van der Waals surface area contributed by atoms with Gasteiger partial charge in [0.05, 0.1) is 36.2 Å². The van der Waals surface area contributed by atoms with Crippen LogP contribution < -0.4 is 14.8 Å². The fourth-order valence-corrected chi connectivity index (χ4v) is 5.17. The molecule has 2 heterocycles. The number of nitrogens with one attached hydrogen (secondary N) is 1. The number of nitriles is 1. The first-order valence-electron chi connectivity index (χ1n) is 14.6. The smallest absolute Gasteiger partial charge is 0.340 e. The van der Waals surface area contributed by atoms with Crippen LogP contribution in [0.4, 0.5) is 11.4 Å². The Bertz CT molecular complexity index is 1790. The van der Waals surface area contributed by atoms with Crippen molar-refractivity contribution >= 4 is 28.2 Å². The molecule has 0 aliphatic carbocycles. The summed E-state index contributed by atoms with van der Waals surface area (Å²) in [6.45, 7) is 8.39. The summed E-state index contributed by atoms with van der Waals surface area (Å²) >= 11 is 0. The second-order valence-electron chi connectivity index (χ2n) is 9.96. The highest BCUT2D eigenvalue weighted by molar-refractivity contribution is 6.07. The number of hydrogen-bond donors (Lipinski definition) is 1. The standard InChI is InChI=1S/C35H35N5O4/c1-5-39(6-2)23-32-33(35(41)43-7-3)28-21-27(17-18-31(28)40(32)25-13-15-26(42-4)16-14-25)44-34-29(22-36)30(19-20-37-34)38-24-11-9-8-10-12-24/h8-21H,5-7,23H2,1-4H3,(H,37,38). The minimum absolute atomic E-state index is 0.156. The van der Waals surface area contributed by atoms with Gasteiger partial charge in [0.15, 0.2) is 0 Å². The number of esters is 1. The third-order valence-electron chi connectivity index (χ3n) is 7.41. The fourth-order valence-electron chi connectivity index (χ4n) is 5.17. The monoisotopic (exact) mass is 589 g/mol. The predicted octanol–water partition coefficient (Wildman–Crippen LogP) is 7.46. The van der Waals surface area contributed by atoms with Crippen molar-refractivity contribution in [3.05, 3.63) is 102 Å². The highest BCUT2D eigenvalue weighted by Gasteiger charge is 2.26. The number of para-hydroxylation sites is 1. The first kappa shape index (κ1) is 30.1. The second-order valence-corrected chi connectivity index (χ2v) is 9.96. The quantitative estimate of drug-likeness (QED) is 0.150. The Hall–Kier alpha value is -5.33. The van der Waals surface area contributed by atoms with Crippen LogP contribution in [-0.2, 0) is 11.3 Å². The molecule has 0 saturated heterocycles. The Morgan fingerprint density at radius 1 is 0.977 bits per heavy atom. The van der Waals surface area contributed by atoms with Gasteiger partial charge in [-0.1, -0.05) is 32.0 Å². The van der Waals surface area contributed by atoms with E-state index >= 15 is 0 Å². The van der Waals surface area contributed by atoms with Gasteiger partial charge in [0.25, 0.3) is 0 Å². The lowest BCUT2D eigenvalue weighted by atomic mass is 10.1. The van der Waals surface area contributed by atoms with Crippen LogP contribution >= 0.6 is 0 Å². The van der Waals surface area contributed by atoms with Crippen LogP contribution in [0.15, 0.2) is 85.1 Å². The number of ether oxygens (including phenoxy) is 3. The Morgan fingerprint density at radius 2 is 1.70 bits per heavy atom. The molecule has 0 aliphatic heterocycles. The van der Waals surface area contributed by atoms with Gasteiger partial charge in [0.1, 0.15) is 23.1 Å². The Morgan fingerprint density at radius 3 is 2.36 bits per heavy atom. The molecular formula is C35H35N5O4. The summed E-state index contributed by atoms with van der Waals surface area (Å²) < 4.78 is 19.3. The molecule has 224 valence electrons. The van der Waals surface area contributed by atoms with Gasteiger partial charge in [-0.2, -0.15) is 5.26 Å². The fraction of sp³-hybridized carbons (Fsp3) is 0.229. The minimum Gasteiger partial charge on any atom is -0.497 e. The zero-order valence-corrected chi connectivity index (χ0v) is 25.3. The molecule has 0 bridgehead atoms. The van der Waals surface area contributed by atoms with Crippen LogP contribution in [-0.4, -0.2) is 47.2 Å². The molecule has 0 radical (unpaired) electrons. The molecule has 0 fully saturated rings. The lowest BCUT2D eigenvalue weighted by molar-refractivity contribution is 0.0526. The molecule has 0 spiro atoms. The summed E-state index contributed by atoms with van der Waals surface area (Å²) in [7, 11) is 1.63. The van der Waals surface area contributed by atoms with Crippen molar-refractivity contribution in [2.45, 2.75) is 27.3 Å². The number of hydrogen-bond acceptors (Lipinski definition) is 8. The summed E-state index contributed by atoms with van der Waals surface area (Å²) in [5.74, 6) is 0.921. The molecule has 9 nitrogen and oxygen atoms in total. The van der Waals surface area contributed by atoms with Crippen LogP contribution in [0.25, 0.3) is 16.6 Å². The summed E-state index contributed by atoms with van der Waals surface area (Å²) in [5.41, 5.74) is 4.67. The molecule has 0 unspecified atom stereocenters. The normalized spacial score (nSPS) is 10.9. The van der Waals surface area contributed by atoms with Crippen LogP contribution in [0.1, 0.15) is 42.4 Å². The lowest BCUT2D eigenvalue weighted by Crippen LogP contribution is -2.25. The van der Waals surface area contributed by atoms with Crippen molar-refractivity contribution in [1.29, 1.82) is 5.26 Å². The van der Waals surface area contributed by atoms with Crippen LogP contribution in [0.3, 0.4) is 0 Å². The molecular weight excluding hydrogens is 554 g/mol. The maximum absolute atomic E-state index is 13.6. The van der Waals surface area contributed by atoms with E-state index in [9.17, 15) is 10.1 Å². The minimum atomic E-state index is -0.408. The molecule has 5 aromatic rings. The molecule has 3 aromatic carbocycles. The van der Waals surface area contributed by atoms with E-state index in [1.807, 2.05) is 72.8 Å². The first-order valence-corrected chi connectivity index (χ1v) is 14.6. The summed E-state index contributed by atoms with van der Waals surface area (Å²) in [6.07, 6.45) is 1.59. The lowest BCUT2D eigenvalue weighted by Gasteiger charge is -2.21. The highest BCUT2D eigenvalue weighted by Crippen LogP contribution is 2.36. The van der Waals surface area contributed by atoms with E-state index in [1.165, 1.54) is 0 Å². The van der Waals surface area contributed by atoms with Gasteiger partial charge in [-0.15, -0.1) is 0 Å². The third-order valence-corrected chi connectivity index (χ3v) is 7.41. The number of anilines is 2. The zero-order valence-electron chi connectivity index (χ0n) is 25.3. The average Bonchev–Trinajstić information content (AvgIpc) is 3.37. The SMILES string of the molecule is CCOC(=O)c1c(CN(CC)CC)n(-c2ccc(OC)cc2)c2ccc(Oc3nccc(Nc4ccccc4)c3C#N)cc12. The van der Waals surface area contributed by atoms with Gasteiger partial charge in [0, 0.05) is 29.5 Å². The Labute approximate surface area is 257 Å². The van der Waals surface area contributed by atoms with Crippen molar-refractivity contribution in [2.24, 2.45) is 0 Å². The van der Waals surface area contributed by atoms with Gasteiger partial charge in [0.2, 0.25) is 5.88 Å². The summed E-state index contributed by atoms with van der Waals surface area (Å²) in [6, 6.07) is 26.8. The van der Waals surface area contributed by atoms with Crippen molar-refractivity contribution in [2.75, 3.05) is 32.1 Å². The maximum Gasteiger partial charge on any atom is 0.340 e. The molecule has 9 heteroatoms. The number of carbonyl (C=O) groups is 1. The molecule has 1 N–H and O–H groups in total. The largest absolute Gasteiger partial charge is 0.497 e. The first-order chi connectivity index (χ1) is 21.5. The number of benzene rings is 3. The molecule has 5 rings (SSSR count). The maximum atomic E-state index is 13.6. The highest BCUT2D eigenvalue weighted by atomic mass is 16.5. The van der Waals surface area contributed by atoms with Crippen molar-refractivity contribution in [3.8, 4) is 29.1 Å². The van der Waals surface area contributed by atoms with E-state index in [1.54, 1.807) is 26.3 Å². The van der Waals surface area contributed by atoms with E-state index in [4.69, 9.17) is 14.2 Å². The van der Waals surface area contributed by atoms with Crippen LogP contribution in [0.5, 0.6) is 17.4 Å². The molecule has 0 saturated carbocycles. The van der Waals surface area contributed by atoms with Crippen molar-refractivity contribution in [1.82, 2.24) is 14.5 Å². The number of carbonyl (C=O) groups excluding carboxylic acids is 1. The molecule has 0 atom stereocenters. The summed E-state index contributed by atoms with van der Waals surface area (Å²) in [4.78, 5) is 20.2. The van der Waals surface area contributed by atoms with Gasteiger partial charge in [-0.3, -0.25) is 4.90 Å².